The molecule has 0 spiro atoms. The van der Waals surface area contributed by atoms with Crippen LogP contribution in [0.3, 0.4) is 0 Å². The van der Waals surface area contributed by atoms with Crippen LogP contribution < -0.4 is 11.5 Å². The lowest BCUT2D eigenvalue weighted by atomic mass is 10.4. The fourth-order valence-electron chi connectivity index (χ4n) is 0.512. The van der Waals surface area contributed by atoms with E-state index in [4.69, 9.17) is 16.7 Å². The monoisotopic (exact) mass is 139 g/mol. The van der Waals surface area contributed by atoms with Crippen LogP contribution in [0.5, 0.6) is 0 Å². The summed E-state index contributed by atoms with van der Waals surface area (Å²) < 4.78 is 0. The highest BCUT2D eigenvalue weighted by atomic mass is 32.1. The molecule has 0 radical (unpaired) electrons. The first-order valence-electron chi connectivity index (χ1n) is 2.29. The number of nitriles is 1. The molecule has 1 heterocycles. The number of nitrogen functional groups attached to an aromatic ring is 2. The zero-order valence-corrected chi connectivity index (χ0v) is 5.40. The normalized spacial score (nSPS) is 8.78. The third-order valence-corrected chi connectivity index (χ3v) is 1.77. The van der Waals surface area contributed by atoms with Gasteiger partial charge in [0.15, 0.2) is 0 Å². The third kappa shape index (κ3) is 0.952. The van der Waals surface area contributed by atoms with Gasteiger partial charge < -0.3 is 11.5 Å². The highest BCUT2D eigenvalue weighted by Gasteiger charge is 2.00. The molecule has 0 amide bonds. The van der Waals surface area contributed by atoms with Crippen molar-refractivity contribution in [3.05, 3.63) is 10.9 Å². The van der Waals surface area contributed by atoms with Crippen LogP contribution in [-0.4, -0.2) is 0 Å². The minimum absolute atomic E-state index is 0.472. The molecule has 4 N–H and O–H groups in total. The predicted molar refractivity (Wildman–Crippen MR) is 37.9 cm³/mol. The van der Waals surface area contributed by atoms with E-state index in [2.05, 4.69) is 0 Å². The fourth-order valence-corrected chi connectivity index (χ4v) is 1.16. The summed E-state index contributed by atoms with van der Waals surface area (Å²) in [7, 11) is 0. The van der Waals surface area contributed by atoms with Crippen LogP contribution in [0.4, 0.5) is 10.7 Å². The minimum Gasteiger partial charge on any atom is -0.397 e. The highest BCUT2D eigenvalue weighted by Crippen LogP contribution is 2.24. The highest BCUT2D eigenvalue weighted by molar-refractivity contribution is 7.16. The molecule has 0 aliphatic heterocycles. The summed E-state index contributed by atoms with van der Waals surface area (Å²) in [5, 5.41) is 8.94. The number of nitrogens with two attached hydrogens (primary N) is 2. The average molecular weight is 139 g/mol. The smallest absolute Gasteiger partial charge is 0.129 e. The Morgan fingerprint density at radius 2 is 2.22 bits per heavy atom. The van der Waals surface area contributed by atoms with Crippen molar-refractivity contribution in [3.8, 4) is 6.07 Å². The quantitative estimate of drug-likeness (QED) is 0.557. The molecule has 0 bridgehead atoms. The summed E-state index contributed by atoms with van der Waals surface area (Å²) >= 11 is 1.21. The molecule has 4 heteroatoms. The van der Waals surface area contributed by atoms with Gasteiger partial charge in [0, 0.05) is 0 Å². The van der Waals surface area contributed by atoms with Crippen LogP contribution in [0.1, 0.15) is 4.88 Å². The van der Waals surface area contributed by atoms with E-state index in [0.29, 0.717) is 15.6 Å². The van der Waals surface area contributed by atoms with Gasteiger partial charge in [-0.2, -0.15) is 5.26 Å². The molecule has 1 aromatic rings. The maximum Gasteiger partial charge on any atom is 0.129 e. The molecule has 3 nitrogen and oxygen atoms in total. The molecule has 0 aliphatic rings. The summed E-state index contributed by atoms with van der Waals surface area (Å²) in [5.41, 5.74) is 11.2. The molecule has 0 aromatic carbocycles. The minimum atomic E-state index is 0.472. The molecule has 46 valence electrons. The fraction of sp³-hybridized carbons (Fsp3) is 0. The average Bonchev–Trinajstić information content (AvgIpc) is 2.10. The summed E-state index contributed by atoms with van der Waals surface area (Å²) in [6, 6.07) is 3.52. The van der Waals surface area contributed by atoms with Crippen LogP contribution in [-0.2, 0) is 0 Å². The number of anilines is 2. The van der Waals surface area contributed by atoms with Gasteiger partial charge in [0.1, 0.15) is 10.9 Å². The van der Waals surface area contributed by atoms with Crippen LogP contribution in [0.25, 0.3) is 0 Å². The van der Waals surface area contributed by atoms with E-state index in [9.17, 15) is 0 Å². The Bertz CT molecular complexity index is 258. The largest absolute Gasteiger partial charge is 0.397 e. The Hall–Kier alpha value is -1.21. The molecular weight excluding hydrogens is 134 g/mol. The number of thiophene rings is 1. The number of hydrogen-bond donors (Lipinski definition) is 2. The first kappa shape index (κ1) is 5.92. The van der Waals surface area contributed by atoms with Crippen LogP contribution in [0.15, 0.2) is 6.07 Å². The second kappa shape index (κ2) is 1.96. The van der Waals surface area contributed by atoms with Crippen LogP contribution >= 0.6 is 11.3 Å². The van der Waals surface area contributed by atoms with Crippen molar-refractivity contribution in [2.45, 2.75) is 0 Å². The maximum atomic E-state index is 8.36. The maximum absolute atomic E-state index is 8.36. The number of nitrogens with zero attached hydrogens (tertiary/aromatic N) is 1. The Balaban J connectivity index is 3.20. The molecule has 1 rings (SSSR count). The van der Waals surface area contributed by atoms with Crippen molar-refractivity contribution in [1.29, 1.82) is 5.26 Å². The summed E-state index contributed by atoms with van der Waals surface area (Å²) in [6.07, 6.45) is 0. The van der Waals surface area contributed by atoms with E-state index in [0.717, 1.165) is 0 Å². The van der Waals surface area contributed by atoms with Gasteiger partial charge in [-0.25, -0.2) is 0 Å². The van der Waals surface area contributed by atoms with Gasteiger partial charge in [-0.15, -0.1) is 11.3 Å². The SMILES string of the molecule is N#Cc1sc(N)cc1N. The topological polar surface area (TPSA) is 75.8 Å². The molecule has 0 saturated heterocycles. The lowest BCUT2D eigenvalue weighted by Crippen LogP contribution is -1.82. The molecule has 0 fully saturated rings. The number of rotatable bonds is 0. The Kier molecular flexibility index (Phi) is 1.29. The standard InChI is InChI=1S/C5H5N3S/c6-2-4-3(7)1-5(8)9-4/h1H,7-8H2. The second-order valence-corrected chi connectivity index (χ2v) is 2.63. The van der Waals surface area contributed by atoms with E-state index in [-0.39, 0.29) is 0 Å². The summed E-state index contributed by atoms with van der Waals surface area (Å²) in [6.45, 7) is 0. The molecule has 0 aliphatic carbocycles. The van der Waals surface area contributed by atoms with Gasteiger partial charge in [0.25, 0.3) is 0 Å². The van der Waals surface area contributed by atoms with E-state index in [1.54, 1.807) is 6.07 Å². The Morgan fingerprint density at radius 3 is 2.44 bits per heavy atom. The molecular formula is C5H5N3S. The van der Waals surface area contributed by atoms with Crippen molar-refractivity contribution in [1.82, 2.24) is 0 Å². The zero-order valence-electron chi connectivity index (χ0n) is 4.59. The van der Waals surface area contributed by atoms with E-state index >= 15 is 0 Å². The molecule has 9 heavy (non-hydrogen) atoms. The van der Waals surface area contributed by atoms with Gasteiger partial charge in [-0.1, -0.05) is 0 Å². The van der Waals surface area contributed by atoms with E-state index in [1.807, 2.05) is 6.07 Å². The van der Waals surface area contributed by atoms with Crippen molar-refractivity contribution < 1.29 is 0 Å². The lowest BCUT2D eigenvalue weighted by molar-refractivity contribution is 1.52. The summed E-state index contributed by atoms with van der Waals surface area (Å²) in [4.78, 5) is 0.493. The Morgan fingerprint density at radius 1 is 1.56 bits per heavy atom. The van der Waals surface area contributed by atoms with E-state index in [1.165, 1.54) is 11.3 Å². The van der Waals surface area contributed by atoms with Gasteiger partial charge in [-0.3, -0.25) is 0 Å². The van der Waals surface area contributed by atoms with Crippen molar-refractivity contribution >= 4 is 22.0 Å². The second-order valence-electron chi connectivity index (χ2n) is 1.55. The molecule has 0 unspecified atom stereocenters. The lowest BCUT2D eigenvalue weighted by Gasteiger charge is -1.77. The van der Waals surface area contributed by atoms with Crippen molar-refractivity contribution in [3.63, 3.8) is 0 Å². The molecule has 0 atom stereocenters. The number of hydrogen-bond acceptors (Lipinski definition) is 4. The van der Waals surface area contributed by atoms with Gasteiger partial charge >= 0.3 is 0 Å². The summed E-state index contributed by atoms with van der Waals surface area (Å²) in [5.74, 6) is 0. The third-order valence-electron chi connectivity index (χ3n) is 0.881. The van der Waals surface area contributed by atoms with Gasteiger partial charge in [-0.05, 0) is 6.07 Å². The van der Waals surface area contributed by atoms with Crippen LogP contribution in [0.2, 0.25) is 0 Å². The van der Waals surface area contributed by atoms with E-state index < -0.39 is 0 Å². The molecule has 1 aromatic heterocycles. The van der Waals surface area contributed by atoms with Gasteiger partial charge in [0.2, 0.25) is 0 Å². The van der Waals surface area contributed by atoms with Crippen molar-refractivity contribution in [2.24, 2.45) is 0 Å². The first-order chi connectivity index (χ1) is 4.24. The van der Waals surface area contributed by atoms with Crippen molar-refractivity contribution in [2.75, 3.05) is 11.5 Å². The zero-order chi connectivity index (χ0) is 6.85. The Labute approximate surface area is 56.5 Å². The van der Waals surface area contributed by atoms with Gasteiger partial charge in [0.05, 0.1) is 10.7 Å². The first-order valence-corrected chi connectivity index (χ1v) is 3.10. The molecule has 0 saturated carbocycles. The van der Waals surface area contributed by atoms with Crippen LogP contribution in [0, 0.1) is 11.3 Å². The predicted octanol–water partition coefficient (Wildman–Crippen LogP) is 0.784.